The molecule has 2 saturated heterocycles. The molecule has 2 aliphatic heterocycles. The van der Waals surface area contributed by atoms with Crippen molar-refractivity contribution in [3.8, 4) is 0 Å². The minimum Gasteiger partial charge on any atom is -0.378 e. The summed E-state index contributed by atoms with van der Waals surface area (Å²) >= 11 is 0. The van der Waals surface area contributed by atoms with Crippen molar-refractivity contribution in [3.63, 3.8) is 0 Å². The van der Waals surface area contributed by atoms with E-state index in [0.717, 1.165) is 70.5 Å². The largest absolute Gasteiger partial charge is 0.378 e. The van der Waals surface area contributed by atoms with Crippen LogP contribution in [0.1, 0.15) is 32.1 Å². The van der Waals surface area contributed by atoms with Gasteiger partial charge < -0.3 is 19.4 Å². The fraction of sp³-hybridized carbons (Fsp3) is 0.737. The van der Waals surface area contributed by atoms with Crippen molar-refractivity contribution in [2.75, 3.05) is 62.3 Å². The standard InChI is InChI=1S/C19H29N5O2/c25-19(15-16-3-1-2-4-16)24-9-7-22(8-10-24)17-5-6-18(21-20-17)23-11-13-26-14-12-23/h5-6,16H,1-4,7-15H2. The van der Waals surface area contributed by atoms with Crippen molar-refractivity contribution in [2.24, 2.45) is 5.92 Å². The van der Waals surface area contributed by atoms with E-state index in [0.29, 0.717) is 11.8 Å². The zero-order valence-electron chi connectivity index (χ0n) is 15.5. The van der Waals surface area contributed by atoms with E-state index < -0.39 is 0 Å². The van der Waals surface area contributed by atoms with Gasteiger partial charge in [-0.15, -0.1) is 10.2 Å². The summed E-state index contributed by atoms with van der Waals surface area (Å²) in [5.74, 6) is 2.79. The van der Waals surface area contributed by atoms with Gasteiger partial charge in [0.05, 0.1) is 13.2 Å². The summed E-state index contributed by atoms with van der Waals surface area (Å²) in [6.07, 6.45) is 5.80. The van der Waals surface area contributed by atoms with Gasteiger partial charge in [0.1, 0.15) is 0 Å². The highest BCUT2D eigenvalue weighted by molar-refractivity contribution is 5.76. The van der Waals surface area contributed by atoms with E-state index in [-0.39, 0.29) is 0 Å². The van der Waals surface area contributed by atoms with Crippen molar-refractivity contribution in [1.82, 2.24) is 15.1 Å². The Balaban J connectivity index is 1.28. The molecule has 7 nitrogen and oxygen atoms in total. The van der Waals surface area contributed by atoms with E-state index in [1.54, 1.807) is 0 Å². The second kappa shape index (κ2) is 8.20. The molecule has 3 fully saturated rings. The molecule has 3 heterocycles. The van der Waals surface area contributed by atoms with Gasteiger partial charge in [0, 0.05) is 45.7 Å². The normalized spacial score (nSPS) is 22.1. The zero-order chi connectivity index (χ0) is 17.8. The second-order valence-electron chi connectivity index (χ2n) is 7.57. The van der Waals surface area contributed by atoms with Gasteiger partial charge in [0.15, 0.2) is 11.6 Å². The third-order valence-corrected chi connectivity index (χ3v) is 5.87. The summed E-state index contributed by atoms with van der Waals surface area (Å²) in [6.45, 7) is 6.49. The molecule has 0 atom stereocenters. The number of aromatic nitrogens is 2. The summed E-state index contributed by atoms with van der Waals surface area (Å²) < 4.78 is 5.38. The molecule has 1 aromatic heterocycles. The number of ether oxygens (including phenoxy) is 1. The molecule has 4 rings (SSSR count). The van der Waals surface area contributed by atoms with Crippen LogP contribution >= 0.6 is 0 Å². The molecule has 0 N–H and O–H groups in total. The summed E-state index contributed by atoms with van der Waals surface area (Å²) in [5, 5.41) is 8.82. The maximum absolute atomic E-state index is 12.5. The predicted molar refractivity (Wildman–Crippen MR) is 100 cm³/mol. The lowest BCUT2D eigenvalue weighted by molar-refractivity contribution is -0.132. The van der Waals surface area contributed by atoms with E-state index in [9.17, 15) is 4.79 Å². The molecule has 26 heavy (non-hydrogen) atoms. The Morgan fingerprint density at radius 3 is 2.08 bits per heavy atom. The topological polar surface area (TPSA) is 61.8 Å². The van der Waals surface area contributed by atoms with Crippen LogP contribution in [0.25, 0.3) is 0 Å². The summed E-state index contributed by atoms with van der Waals surface area (Å²) in [6, 6.07) is 4.10. The number of nitrogens with zero attached hydrogens (tertiary/aromatic N) is 5. The van der Waals surface area contributed by atoms with E-state index in [2.05, 4.69) is 20.0 Å². The number of rotatable bonds is 4. The van der Waals surface area contributed by atoms with Crippen LogP contribution in [0, 0.1) is 5.92 Å². The summed E-state index contributed by atoms with van der Waals surface area (Å²) in [4.78, 5) is 19.0. The Morgan fingerprint density at radius 1 is 0.923 bits per heavy atom. The van der Waals surface area contributed by atoms with Crippen LogP contribution in [0.3, 0.4) is 0 Å². The van der Waals surface area contributed by atoms with Gasteiger partial charge in [0.2, 0.25) is 5.91 Å². The molecule has 142 valence electrons. The van der Waals surface area contributed by atoms with Gasteiger partial charge in [0.25, 0.3) is 0 Å². The lowest BCUT2D eigenvalue weighted by atomic mass is 10.0. The highest BCUT2D eigenvalue weighted by Gasteiger charge is 2.25. The number of amides is 1. The Hall–Kier alpha value is -1.89. The third kappa shape index (κ3) is 4.09. The molecule has 3 aliphatic rings. The van der Waals surface area contributed by atoms with E-state index in [4.69, 9.17) is 4.74 Å². The molecule has 1 aliphatic carbocycles. The molecule has 1 amide bonds. The highest BCUT2D eigenvalue weighted by Crippen LogP contribution is 2.28. The van der Waals surface area contributed by atoms with E-state index in [1.807, 2.05) is 17.0 Å². The fourth-order valence-electron chi connectivity index (χ4n) is 4.22. The molecule has 0 spiro atoms. The lowest BCUT2D eigenvalue weighted by Gasteiger charge is -2.36. The average molecular weight is 359 g/mol. The van der Waals surface area contributed by atoms with Crippen molar-refractivity contribution in [2.45, 2.75) is 32.1 Å². The number of morpholine rings is 1. The van der Waals surface area contributed by atoms with Crippen LogP contribution in [0.4, 0.5) is 11.6 Å². The molecule has 1 saturated carbocycles. The number of carbonyl (C=O) groups is 1. The first kappa shape index (κ1) is 17.5. The SMILES string of the molecule is O=C(CC1CCCC1)N1CCN(c2ccc(N3CCOCC3)nn2)CC1. The van der Waals surface area contributed by atoms with Gasteiger partial charge >= 0.3 is 0 Å². The van der Waals surface area contributed by atoms with Crippen molar-refractivity contribution >= 4 is 17.5 Å². The minimum absolute atomic E-state index is 0.338. The van der Waals surface area contributed by atoms with E-state index in [1.165, 1.54) is 25.7 Å². The fourth-order valence-corrected chi connectivity index (χ4v) is 4.22. The predicted octanol–water partition coefficient (Wildman–Crippen LogP) is 1.54. The number of carbonyl (C=O) groups excluding carboxylic acids is 1. The van der Waals surface area contributed by atoms with Crippen molar-refractivity contribution in [1.29, 1.82) is 0 Å². The molecular formula is C19H29N5O2. The molecular weight excluding hydrogens is 330 g/mol. The van der Waals surface area contributed by atoms with Crippen LogP contribution in [0.15, 0.2) is 12.1 Å². The molecule has 0 bridgehead atoms. The number of hydrogen-bond acceptors (Lipinski definition) is 6. The quantitative estimate of drug-likeness (QED) is 0.813. The first-order valence-electron chi connectivity index (χ1n) is 9.99. The van der Waals surface area contributed by atoms with E-state index >= 15 is 0 Å². The Kier molecular flexibility index (Phi) is 5.53. The van der Waals surface area contributed by atoms with Gasteiger partial charge in [-0.25, -0.2) is 0 Å². The Labute approximate surface area is 155 Å². The van der Waals surface area contributed by atoms with Gasteiger partial charge in [-0.2, -0.15) is 0 Å². The maximum atomic E-state index is 12.5. The van der Waals surface area contributed by atoms with Crippen molar-refractivity contribution in [3.05, 3.63) is 12.1 Å². The van der Waals surface area contributed by atoms with Crippen LogP contribution < -0.4 is 9.80 Å². The number of piperazine rings is 1. The summed E-state index contributed by atoms with van der Waals surface area (Å²) in [5.41, 5.74) is 0. The van der Waals surface area contributed by atoms with Gasteiger partial charge in [-0.05, 0) is 30.9 Å². The van der Waals surface area contributed by atoms with Gasteiger partial charge in [-0.3, -0.25) is 4.79 Å². The molecule has 1 aromatic rings. The van der Waals surface area contributed by atoms with Crippen LogP contribution in [-0.4, -0.2) is 73.5 Å². The van der Waals surface area contributed by atoms with Crippen LogP contribution in [0.5, 0.6) is 0 Å². The molecule has 0 aromatic carbocycles. The third-order valence-electron chi connectivity index (χ3n) is 5.87. The van der Waals surface area contributed by atoms with Crippen LogP contribution in [-0.2, 0) is 9.53 Å². The molecule has 0 unspecified atom stereocenters. The Morgan fingerprint density at radius 2 is 1.50 bits per heavy atom. The van der Waals surface area contributed by atoms with Crippen molar-refractivity contribution < 1.29 is 9.53 Å². The first-order valence-corrected chi connectivity index (χ1v) is 9.99. The highest BCUT2D eigenvalue weighted by atomic mass is 16.5. The second-order valence-corrected chi connectivity index (χ2v) is 7.57. The summed E-state index contributed by atoms with van der Waals surface area (Å²) in [7, 11) is 0. The molecule has 0 radical (unpaired) electrons. The van der Waals surface area contributed by atoms with Gasteiger partial charge in [-0.1, -0.05) is 12.8 Å². The Bertz CT molecular complexity index is 588. The number of anilines is 2. The smallest absolute Gasteiger partial charge is 0.222 e. The minimum atomic E-state index is 0.338. The maximum Gasteiger partial charge on any atom is 0.222 e. The monoisotopic (exact) mass is 359 g/mol. The first-order chi connectivity index (χ1) is 12.8. The lowest BCUT2D eigenvalue weighted by Crippen LogP contribution is -2.49. The zero-order valence-corrected chi connectivity index (χ0v) is 15.5. The molecule has 7 heteroatoms. The average Bonchev–Trinajstić information content (AvgIpc) is 3.22. The number of hydrogen-bond donors (Lipinski definition) is 0. The van der Waals surface area contributed by atoms with Crippen LogP contribution in [0.2, 0.25) is 0 Å².